The Hall–Kier alpha value is -3.35. The highest BCUT2D eigenvalue weighted by Gasteiger charge is 2.56. The Morgan fingerprint density at radius 3 is 2.43 bits per heavy atom. The number of carbonyl (C=O) groups is 2. The van der Waals surface area contributed by atoms with Gasteiger partial charge in [0.05, 0.1) is 19.9 Å². The molecule has 0 aromatic heterocycles. The van der Waals surface area contributed by atoms with E-state index < -0.39 is 17.9 Å². The highest BCUT2D eigenvalue weighted by Crippen LogP contribution is 2.38. The Labute approximate surface area is 162 Å². The Balaban J connectivity index is 1.74. The van der Waals surface area contributed by atoms with Gasteiger partial charge in [0.2, 0.25) is 12.0 Å². The maximum atomic E-state index is 13.2. The number of nitrogens with zero attached hydrogens (tertiary/aromatic N) is 2. The van der Waals surface area contributed by atoms with Crippen LogP contribution in [0.5, 0.6) is 11.5 Å². The van der Waals surface area contributed by atoms with E-state index in [1.807, 2.05) is 26.0 Å². The number of benzene rings is 2. The lowest BCUT2D eigenvalue weighted by atomic mass is 9.93. The van der Waals surface area contributed by atoms with Crippen LogP contribution in [-0.2, 0) is 14.4 Å². The van der Waals surface area contributed by atoms with Crippen LogP contribution in [0.1, 0.15) is 16.7 Å². The van der Waals surface area contributed by atoms with Gasteiger partial charge in [0.25, 0.3) is 5.91 Å². The van der Waals surface area contributed by atoms with Crippen molar-refractivity contribution in [1.82, 2.24) is 0 Å². The second kappa shape index (κ2) is 6.67. The van der Waals surface area contributed by atoms with Crippen LogP contribution in [-0.4, -0.2) is 37.8 Å². The molecule has 0 saturated carbocycles. The van der Waals surface area contributed by atoms with Crippen LogP contribution in [0, 0.1) is 19.8 Å². The molecule has 7 heteroatoms. The maximum absolute atomic E-state index is 13.2. The Bertz CT molecular complexity index is 1010. The first-order valence-corrected chi connectivity index (χ1v) is 8.87. The minimum absolute atomic E-state index is 0.362. The second-order valence-corrected chi connectivity index (χ2v) is 6.83. The van der Waals surface area contributed by atoms with Crippen molar-refractivity contribution in [3.63, 3.8) is 0 Å². The Kier molecular flexibility index (Phi) is 4.30. The minimum atomic E-state index is -0.972. The molecule has 2 amide bonds. The zero-order valence-electron chi connectivity index (χ0n) is 16.1. The average molecular weight is 380 g/mol. The molecule has 7 nitrogen and oxygen atoms in total. The number of anilines is 1. The molecular weight excluding hydrogens is 360 g/mol. The number of aryl methyl sites for hydroxylation is 2. The van der Waals surface area contributed by atoms with E-state index in [1.54, 1.807) is 31.4 Å². The fraction of sp³-hybridized carbons (Fsp3) is 0.286. The molecule has 2 aliphatic rings. The highest BCUT2D eigenvalue weighted by molar-refractivity contribution is 6.32. The van der Waals surface area contributed by atoms with Crippen LogP contribution in [0.15, 0.2) is 41.6 Å². The first-order chi connectivity index (χ1) is 13.5. The highest BCUT2D eigenvalue weighted by atomic mass is 16.7. The summed E-state index contributed by atoms with van der Waals surface area (Å²) in [5.74, 6) is -0.494. The van der Waals surface area contributed by atoms with Crippen LogP contribution in [0.25, 0.3) is 0 Å². The average Bonchev–Trinajstić information content (AvgIpc) is 3.24. The van der Waals surface area contributed by atoms with Crippen molar-refractivity contribution < 1.29 is 23.9 Å². The molecule has 2 atom stereocenters. The van der Waals surface area contributed by atoms with Gasteiger partial charge in [0.15, 0.2) is 0 Å². The molecule has 4 rings (SSSR count). The van der Waals surface area contributed by atoms with E-state index in [1.165, 1.54) is 12.0 Å². The summed E-state index contributed by atoms with van der Waals surface area (Å²) < 4.78 is 10.7. The van der Waals surface area contributed by atoms with Crippen LogP contribution in [0.4, 0.5) is 5.69 Å². The molecule has 1 fully saturated rings. The van der Waals surface area contributed by atoms with E-state index in [-0.39, 0.29) is 5.91 Å². The van der Waals surface area contributed by atoms with E-state index in [0.717, 1.165) is 11.1 Å². The van der Waals surface area contributed by atoms with Crippen molar-refractivity contribution in [1.29, 1.82) is 0 Å². The molecule has 2 aliphatic heterocycles. The van der Waals surface area contributed by atoms with E-state index in [2.05, 4.69) is 5.16 Å². The molecule has 0 spiro atoms. The molecule has 28 heavy (non-hydrogen) atoms. The number of oxime groups is 1. The van der Waals surface area contributed by atoms with Crippen molar-refractivity contribution in [2.75, 3.05) is 19.1 Å². The summed E-state index contributed by atoms with van der Waals surface area (Å²) in [6.07, 6.45) is -0.972. The van der Waals surface area contributed by atoms with Gasteiger partial charge in [-0.3, -0.25) is 9.59 Å². The molecule has 2 aromatic carbocycles. The third kappa shape index (κ3) is 2.62. The number of hydrogen-bond donors (Lipinski definition) is 0. The van der Waals surface area contributed by atoms with Gasteiger partial charge in [-0.25, -0.2) is 4.90 Å². The third-order valence-electron chi connectivity index (χ3n) is 5.24. The van der Waals surface area contributed by atoms with E-state index in [0.29, 0.717) is 28.5 Å². The summed E-state index contributed by atoms with van der Waals surface area (Å²) in [6.45, 7) is 3.92. The summed E-state index contributed by atoms with van der Waals surface area (Å²) in [5, 5.41) is 4.05. The molecule has 144 valence electrons. The lowest BCUT2D eigenvalue weighted by Gasteiger charge is -2.17. The summed E-state index contributed by atoms with van der Waals surface area (Å²) in [6, 6.07) is 10.7. The summed E-state index contributed by atoms with van der Waals surface area (Å²) in [4.78, 5) is 32.7. The Morgan fingerprint density at radius 1 is 0.964 bits per heavy atom. The standard InChI is InChI=1S/C21H20N2O5/c1-11-5-6-13(9-12(11)2)23-20(24)17-18(22-28-19(17)21(23)25)15-10-14(26-3)7-8-16(15)27-4/h5-10,17,19H,1-4H3. The number of carbonyl (C=O) groups excluding carboxylic acids is 2. The summed E-state index contributed by atoms with van der Waals surface area (Å²) in [7, 11) is 3.08. The Morgan fingerprint density at radius 2 is 1.75 bits per heavy atom. The largest absolute Gasteiger partial charge is 0.497 e. The molecule has 0 aliphatic carbocycles. The first-order valence-electron chi connectivity index (χ1n) is 8.87. The number of ether oxygens (including phenoxy) is 2. The first kappa shape index (κ1) is 18.0. The predicted molar refractivity (Wildman–Crippen MR) is 103 cm³/mol. The van der Waals surface area contributed by atoms with E-state index in [4.69, 9.17) is 14.3 Å². The van der Waals surface area contributed by atoms with Gasteiger partial charge >= 0.3 is 0 Å². The van der Waals surface area contributed by atoms with Crippen LogP contribution in [0.3, 0.4) is 0 Å². The molecule has 2 unspecified atom stereocenters. The van der Waals surface area contributed by atoms with Gasteiger partial charge in [0.1, 0.15) is 23.1 Å². The summed E-state index contributed by atoms with van der Waals surface area (Å²) >= 11 is 0. The molecule has 0 N–H and O–H groups in total. The van der Waals surface area contributed by atoms with E-state index >= 15 is 0 Å². The fourth-order valence-electron chi connectivity index (χ4n) is 3.53. The lowest BCUT2D eigenvalue weighted by Crippen LogP contribution is -2.33. The van der Waals surface area contributed by atoms with Crippen molar-refractivity contribution in [2.45, 2.75) is 20.0 Å². The van der Waals surface area contributed by atoms with Crippen LogP contribution >= 0.6 is 0 Å². The SMILES string of the molecule is COc1ccc(OC)c(C2=NOC3C(=O)N(c4ccc(C)c(C)c4)C(=O)C23)c1. The number of fused-ring (bicyclic) bond motifs is 1. The minimum Gasteiger partial charge on any atom is -0.497 e. The van der Waals surface area contributed by atoms with Gasteiger partial charge in [0, 0.05) is 5.56 Å². The second-order valence-electron chi connectivity index (χ2n) is 6.83. The van der Waals surface area contributed by atoms with Gasteiger partial charge in [-0.2, -0.15) is 0 Å². The van der Waals surface area contributed by atoms with Crippen LogP contribution < -0.4 is 14.4 Å². The third-order valence-corrected chi connectivity index (χ3v) is 5.24. The fourth-order valence-corrected chi connectivity index (χ4v) is 3.53. The van der Waals surface area contributed by atoms with Crippen molar-refractivity contribution >= 4 is 23.2 Å². The van der Waals surface area contributed by atoms with Crippen molar-refractivity contribution in [2.24, 2.45) is 11.1 Å². The molecule has 0 bridgehead atoms. The maximum Gasteiger partial charge on any atom is 0.278 e. The number of methoxy groups -OCH3 is 2. The zero-order valence-corrected chi connectivity index (χ0v) is 16.1. The van der Waals surface area contributed by atoms with Crippen molar-refractivity contribution in [3.8, 4) is 11.5 Å². The molecule has 2 aromatic rings. The predicted octanol–water partition coefficient (Wildman–Crippen LogP) is 2.61. The van der Waals surface area contributed by atoms with E-state index in [9.17, 15) is 9.59 Å². The van der Waals surface area contributed by atoms with Gasteiger partial charge in [-0.05, 0) is 55.3 Å². The normalized spacial score (nSPS) is 20.7. The number of amides is 2. The van der Waals surface area contributed by atoms with Gasteiger partial charge in [-0.15, -0.1) is 0 Å². The van der Waals surface area contributed by atoms with Gasteiger partial charge < -0.3 is 14.3 Å². The quantitative estimate of drug-likeness (QED) is 0.762. The van der Waals surface area contributed by atoms with Gasteiger partial charge in [-0.1, -0.05) is 11.2 Å². The number of hydrogen-bond acceptors (Lipinski definition) is 6. The van der Waals surface area contributed by atoms with Crippen molar-refractivity contribution in [3.05, 3.63) is 53.1 Å². The molecule has 2 heterocycles. The van der Waals surface area contributed by atoms with Crippen LogP contribution in [0.2, 0.25) is 0 Å². The number of imide groups is 1. The molecule has 1 saturated heterocycles. The molecular formula is C21H20N2O5. The lowest BCUT2D eigenvalue weighted by molar-refractivity contribution is -0.126. The number of rotatable bonds is 4. The molecule has 0 radical (unpaired) electrons. The monoisotopic (exact) mass is 380 g/mol. The summed E-state index contributed by atoms with van der Waals surface area (Å²) in [5.41, 5.74) is 3.55. The zero-order chi connectivity index (χ0) is 20.0. The topological polar surface area (TPSA) is 77.4 Å². The smallest absolute Gasteiger partial charge is 0.278 e.